The minimum absolute atomic E-state index is 0.0422. The summed E-state index contributed by atoms with van der Waals surface area (Å²) in [5.74, 6) is 0.291. The van der Waals surface area contributed by atoms with Gasteiger partial charge in [-0.3, -0.25) is 14.9 Å². The quantitative estimate of drug-likeness (QED) is 0.398. The molecule has 0 bridgehead atoms. The Labute approximate surface area is 209 Å². The number of amides is 1. The number of carbonyl (C=O) groups is 2. The van der Waals surface area contributed by atoms with Crippen molar-refractivity contribution in [1.82, 2.24) is 5.32 Å². The van der Waals surface area contributed by atoms with Crippen LogP contribution in [0.5, 0.6) is 17.2 Å². The number of hydrogen-bond donors (Lipinski definition) is 2. The molecule has 0 aromatic heterocycles. The first-order valence-electron chi connectivity index (χ1n) is 10.7. The number of esters is 1. The van der Waals surface area contributed by atoms with Gasteiger partial charge in [0.1, 0.15) is 5.75 Å². The SMILES string of the molecule is COC(=O)CNC(c1ccccc1)c1cc(Cl)ccc1NC(=O)c1cc(OC)c(OC)cc1OC. The molecule has 0 saturated heterocycles. The number of ether oxygens (including phenoxy) is 4. The summed E-state index contributed by atoms with van der Waals surface area (Å²) >= 11 is 6.33. The van der Waals surface area contributed by atoms with Gasteiger partial charge in [-0.2, -0.15) is 0 Å². The van der Waals surface area contributed by atoms with Gasteiger partial charge in [0.25, 0.3) is 5.91 Å². The second-order valence-electron chi connectivity index (χ2n) is 7.39. The molecule has 3 rings (SSSR count). The van der Waals surface area contributed by atoms with E-state index in [-0.39, 0.29) is 12.1 Å². The Balaban J connectivity index is 2.03. The van der Waals surface area contributed by atoms with Gasteiger partial charge in [-0.05, 0) is 29.3 Å². The van der Waals surface area contributed by atoms with E-state index >= 15 is 0 Å². The summed E-state index contributed by atoms with van der Waals surface area (Å²) in [6.45, 7) is -0.0422. The summed E-state index contributed by atoms with van der Waals surface area (Å²) in [7, 11) is 5.78. The molecule has 1 unspecified atom stereocenters. The van der Waals surface area contributed by atoms with Gasteiger partial charge in [0.15, 0.2) is 11.5 Å². The van der Waals surface area contributed by atoms with Crippen LogP contribution in [0.3, 0.4) is 0 Å². The monoisotopic (exact) mass is 498 g/mol. The van der Waals surface area contributed by atoms with Crippen LogP contribution < -0.4 is 24.8 Å². The predicted octanol–water partition coefficient (Wildman–Crippen LogP) is 4.47. The molecule has 3 aromatic carbocycles. The highest BCUT2D eigenvalue weighted by atomic mass is 35.5. The maximum absolute atomic E-state index is 13.4. The van der Waals surface area contributed by atoms with Crippen molar-refractivity contribution in [1.29, 1.82) is 0 Å². The molecule has 0 saturated carbocycles. The summed E-state index contributed by atoms with van der Waals surface area (Å²) in [4.78, 5) is 25.2. The third-order valence-corrected chi connectivity index (χ3v) is 5.57. The molecule has 1 atom stereocenters. The second kappa shape index (κ2) is 12.1. The standard InChI is InChI=1S/C26H27ClN2O6/c1-32-21-14-23(34-3)22(33-2)13-19(21)26(31)29-20-11-10-17(27)12-18(20)25(28-15-24(30)35-4)16-8-6-5-7-9-16/h5-14,25,28H,15H2,1-4H3,(H,29,31). The van der Waals surface area contributed by atoms with Crippen LogP contribution in [-0.4, -0.2) is 46.9 Å². The average molecular weight is 499 g/mol. The van der Waals surface area contributed by atoms with Gasteiger partial charge in [-0.25, -0.2) is 0 Å². The van der Waals surface area contributed by atoms with Crippen molar-refractivity contribution in [3.63, 3.8) is 0 Å². The van der Waals surface area contributed by atoms with Crippen LogP contribution >= 0.6 is 11.6 Å². The van der Waals surface area contributed by atoms with Crippen LogP contribution in [0.15, 0.2) is 60.7 Å². The Morgan fingerprint density at radius 1 is 0.857 bits per heavy atom. The number of hydrogen-bond acceptors (Lipinski definition) is 7. The zero-order valence-corrected chi connectivity index (χ0v) is 20.6. The van der Waals surface area contributed by atoms with E-state index in [4.69, 9.17) is 30.5 Å². The Morgan fingerprint density at radius 2 is 1.51 bits per heavy atom. The molecular weight excluding hydrogens is 472 g/mol. The molecular formula is C26H27ClN2O6. The first-order chi connectivity index (χ1) is 16.9. The van der Waals surface area contributed by atoms with Crippen LogP contribution in [0.4, 0.5) is 5.69 Å². The van der Waals surface area contributed by atoms with Crippen molar-refractivity contribution in [2.24, 2.45) is 0 Å². The van der Waals surface area contributed by atoms with Gasteiger partial charge in [0, 0.05) is 22.8 Å². The van der Waals surface area contributed by atoms with Crippen LogP contribution in [-0.2, 0) is 9.53 Å². The van der Waals surface area contributed by atoms with E-state index in [1.165, 1.54) is 28.4 Å². The highest BCUT2D eigenvalue weighted by Gasteiger charge is 2.23. The summed E-state index contributed by atoms with van der Waals surface area (Å²) in [5, 5.41) is 6.61. The van der Waals surface area contributed by atoms with E-state index in [9.17, 15) is 9.59 Å². The lowest BCUT2D eigenvalue weighted by molar-refractivity contribution is -0.139. The molecule has 0 aliphatic rings. The van der Waals surface area contributed by atoms with E-state index in [1.54, 1.807) is 30.3 Å². The van der Waals surface area contributed by atoms with Gasteiger partial charge in [0.2, 0.25) is 0 Å². The lowest BCUT2D eigenvalue weighted by atomic mass is 9.96. The van der Waals surface area contributed by atoms with Gasteiger partial charge in [-0.1, -0.05) is 41.9 Å². The molecule has 0 radical (unpaired) electrons. The third kappa shape index (κ3) is 6.23. The van der Waals surface area contributed by atoms with Gasteiger partial charge in [-0.15, -0.1) is 0 Å². The van der Waals surface area contributed by atoms with Crippen LogP contribution in [0, 0.1) is 0 Å². The molecule has 1 amide bonds. The lowest BCUT2D eigenvalue weighted by Crippen LogP contribution is -2.30. The normalized spacial score (nSPS) is 11.3. The zero-order valence-electron chi connectivity index (χ0n) is 19.9. The van der Waals surface area contributed by atoms with E-state index in [0.29, 0.717) is 33.5 Å². The molecule has 3 aromatic rings. The maximum Gasteiger partial charge on any atom is 0.319 e. The Morgan fingerprint density at radius 3 is 2.14 bits per heavy atom. The third-order valence-electron chi connectivity index (χ3n) is 5.33. The molecule has 0 spiro atoms. The smallest absolute Gasteiger partial charge is 0.319 e. The number of rotatable bonds is 10. The molecule has 35 heavy (non-hydrogen) atoms. The minimum Gasteiger partial charge on any atom is -0.496 e. The maximum atomic E-state index is 13.4. The van der Waals surface area contributed by atoms with Gasteiger partial charge in [0.05, 0.1) is 46.6 Å². The number of methoxy groups -OCH3 is 4. The second-order valence-corrected chi connectivity index (χ2v) is 7.83. The summed E-state index contributed by atoms with van der Waals surface area (Å²) in [6, 6.07) is 17.3. The first kappa shape index (κ1) is 25.9. The van der Waals surface area contributed by atoms with E-state index in [1.807, 2.05) is 30.3 Å². The van der Waals surface area contributed by atoms with Crippen molar-refractivity contribution < 1.29 is 28.5 Å². The Bertz CT molecular complexity index is 1190. The molecule has 8 nitrogen and oxygen atoms in total. The molecule has 9 heteroatoms. The number of nitrogens with one attached hydrogen (secondary N) is 2. The Kier molecular flexibility index (Phi) is 8.94. The van der Waals surface area contributed by atoms with E-state index < -0.39 is 17.9 Å². The molecule has 184 valence electrons. The molecule has 0 aliphatic heterocycles. The van der Waals surface area contributed by atoms with Gasteiger partial charge < -0.3 is 24.3 Å². The topological polar surface area (TPSA) is 95.1 Å². The number of carbonyl (C=O) groups excluding carboxylic acids is 2. The highest BCUT2D eigenvalue weighted by Crippen LogP contribution is 2.36. The molecule has 0 aliphatic carbocycles. The molecule has 0 heterocycles. The fourth-order valence-electron chi connectivity index (χ4n) is 3.59. The lowest BCUT2D eigenvalue weighted by Gasteiger charge is -2.23. The van der Waals surface area contributed by atoms with E-state index in [0.717, 1.165) is 5.56 Å². The fraction of sp³-hybridized carbons (Fsp3) is 0.231. The van der Waals surface area contributed by atoms with Crippen molar-refractivity contribution in [2.75, 3.05) is 40.3 Å². The van der Waals surface area contributed by atoms with Gasteiger partial charge >= 0.3 is 5.97 Å². The van der Waals surface area contributed by atoms with Crippen LogP contribution in [0.2, 0.25) is 5.02 Å². The number of anilines is 1. The number of halogens is 1. The predicted molar refractivity (Wildman–Crippen MR) is 134 cm³/mol. The summed E-state index contributed by atoms with van der Waals surface area (Å²) in [5.41, 5.74) is 2.30. The van der Waals surface area contributed by atoms with Crippen LogP contribution in [0.1, 0.15) is 27.5 Å². The fourth-order valence-corrected chi connectivity index (χ4v) is 3.77. The van der Waals surface area contributed by atoms with Crippen molar-refractivity contribution >= 4 is 29.2 Å². The van der Waals surface area contributed by atoms with E-state index in [2.05, 4.69) is 10.6 Å². The Hall–Kier alpha value is -3.75. The first-order valence-corrected chi connectivity index (χ1v) is 11.1. The zero-order chi connectivity index (χ0) is 25.4. The van der Waals surface area contributed by atoms with Crippen LogP contribution in [0.25, 0.3) is 0 Å². The minimum atomic E-state index is -0.461. The molecule has 2 N–H and O–H groups in total. The van der Waals surface area contributed by atoms with Crippen molar-refractivity contribution in [3.05, 3.63) is 82.4 Å². The average Bonchev–Trinajstić information content (AvgIpc) is 2.89. The van der Waals surface area contributed by atoms with Crippen molar-refractivity contribution in [2.45, 2.75) is 6.04 Å². The van der Waals surface area contributed by atoms with Crippen molar-refractivity contribution in [3.8, 4) is 17.2 Å². The summed E-state index contributed by atoms with van der Waals surface area (Å²) < 4.78 is 20.8. The molecule has 0 fully saturated rings. The largest absolute Gasteiger partial charge is 0.496 e. The highest BCUT2D eigenvalue weighted by molar-refractivity contribution is 6.30. The summed E-state index contributed by atoms with van der Waals surface area (Å²) in [6.07, 6.45) is 0. The number of benzene rings is 3.